The summed E-state index contributed by atoms with van der Waals surface area (Å²) >= 11 is 10.2. The van der Waals surface area contributed by atoms with Crippen LogP contribution in [0.2, 0.25) is 5.02 Å². The molecule has 40 heavy (non-hydrogen) atoms. The van der Waals surface area contributed by atoms with Gasteiger partial charge < -0.3 is 4.90 Å². The molecule has 0 radical (unpaired) electrons. The smallest absolute Gasteiger partial charge is 0.139 e. The number of anilines is 1. The van der Waals surface area contributed by atoms with Crippen LogP contribution in [0.15, 0.2) is 108 Å². The zero-order valence-corrected chi connectivity index (χ0v) is 24.3. The molecule has 0 saturated carbocycles. The monoisotopic (exact) mass is 603 g/mol. The van der Waals surface area contributed by atoms with Crippen LogP contribution in [-0.2, 0) is 0 Å². The van der Waals surface area contributed by atoms with Crippen molar-refractivity contribution in [1.29, 1.82) is 0 Å². The molecule has 0 unspecified atom stereocenters. The predicted molar refractivity (Wildman–Crippen MR) is 172 cm³/mol. The Morgan fingerprint density at radius 3 is 2.05 bits per heavy atom. The second-order valence-electron chi connectivity index (χ2n) is 10.3. The van der Waals surface area contributed by atoms with Crippen molar-refractivity contribution in [1.82, 2.24) is 9.97 Å². The molecule has 2 aromatic heterocycles. The number of pyridine rings is 2. The third kappa shape index (κ3) is 4.66. The summed E-state index contributed by atoms with van der Waals surface area (Å²) in [5.41, 5.74) is 8.46. The van der Waals surface area contributed by atoms with E-state index in [9.17, 15) is 0 Å². The lowest BCUT2D eigenvalue weighted by Crippen LogP contribution is -2.31. The second kappa shape index (κ2) is 10.7. The Morgan fingerprint density at radius 2 is 1.30 bits per heavy atom. The van der Waals surface area contributed by atoms with Crippen LogP contribution in [-0.4, -0.2) is 23.1 Å². The lowest BCUT2D eigenvalue weighted by molar-refractivity contribution is 0.574. The lowest BCUT2D eigenvalue weighted by Gasteiger charge is -2.31. The van der Waals surface area contributed by atoms with Crippen molar-refractivity contribution >= 4 is 55.2 Å². The van der Waals surface area contributed by atoms with Crippen molar-refractivity contribution in [3.05, 3.63) is 113 Å². The highest BCUT2D eigenvalue weighted by Crippen LogP contribution is 2.45. The fourth-order valence-electron chi connectivity index (χ4n) is 5.89. The van der Waals surface area contributed by atoms with Crippen LogP contribution in [0.25, 0.3) is 55.3 Å². The fraction of sp³-hybridized carbons (Fsp3) is 0.143. The zero-order valence-electron chi connectivity index (χ0n) is 21.9. The first kappa shape index (κ1) is 25.3. The van der Waals surface area contributed by atoms with Crippen molar-refractivity contribution in [2.45, 2.75) is 19.3 Å². The number of fused-ring (bicyclic) bond motifs is 2. The summed E-state index contributed by atoms with van der Waals surface area (Å²) in [4.78, 5) is 13.1. The van der Waals surface area contributed by atoms with Crippen molar-refractivity contribution in [2.24, 2.45) is 0 Å². The Hall–Kier alpha value is -3.73. The molecule has 1 saturated heterocycles. The van der Waals surface area contributed by atoms with Gasteiger partial charge in [0.25, 0.3) is 0 Å². The van der Waals surface area contributed by atoms with Gasteiger partial charge in [-0.3, -0.25) is 0 Å². The molecule has 4 aromatic carbocycles. The molecular weight excluding hydrogens is 578 g/mol. The predicted octanol–water partition coefficient (Wildman–Crippen LogP) is 10.2. The van der Waals surface area contributed by atoms with Gasteiger partial charge in [-0.2, -0.15) is 0 Å². The number of aromatic nitrogens is 2. The quantitative estimate of drug-likeness (QED) is 0.200. The Labute approximate surface area is 247 Å². The second-order valence-corrected chi connectivity index (χ2v) is 11.7. The van der Waals surface area contributed by atoms with Crippen molar-refractivity contribution in [3.63, 3.8) is 0 Å². The third-order valence-corrected chi connectivity index (χ3v) is 8.49. The minimum atomic E-state index is 0.704. The fourth-order valence-corrected chi connectivity index (χ4v) is 6.42. The van der Waals surface area contributed by atoms with Gasteiger partial charge in [0.05, 0.1) is 22.3 Å². The Balaban J connectivity index is 1.62. The number of piperidine rings is 1. The summed E-state index contributed by atoms with van der Waals surface area (Å²) in [6.07, 6.45) is 3.59. The van der Waals surface area contributed by atoms with Gasteiger partial charge in [0, 0.05) is 38.9 Å². The molecule has 1 fully saturated rings. The molecule has 0 aliphatic carbocycles. The van der Waals surface area contributed by atoms with Gasteiger partial charge in [-0.05, 0) is 78.4 Å². The van der Waals surface area contributed by atoms with E-state index in [0.29, 0.717) is 5.02 Å². The molecule has 196 valence electrons. The van der Waals surface area contributed by atoms with Gasteiger partial charge in [0.2, 0.25) is 0 Å². The van der Waals surface area contributed by atoms with Gasteiger partial charge in [-0.15, -0.1) is 0 Å². The summed E-state index contributed by atoms with van der Waals surface area (Å²) in [6.45, 7) is 1.98. The van der Waals surface area contributed by atoms with Gasteiger partial charge in [-0.1, -0.05) is 88.2 Å². The summed E-state index contributed by atoms with van der Waals surface area (Å²) in [7, 11) is 0. The average molecular weight is 605 g/mol. The average Bonchev–Trinajstić information content (AvgIpc) is 3.01. The van der Waals surface area contributed by atoms with Crippen LogP contribution >= 0.6 is 27.5 Å². The highest BCUT2D eigenvalue weighted by Gasteiger charge is 2.25. The Morgan fingerprint density at radius 1 is 0.625 bits per heavy atom. The van der Waals surface area contributed by atoms with Crippen LogP contribution in [0.1, 0.15) is 19.3 Å². The summed E-state index contributed by atoms with van der Waals surface area (Å²) in [6, 6.07) is 35.8. The molecule has 6 aromatic rings. The molecule has 5 heteroatoms. The maximum Gasteiger partial charge on any atom is 0.139 e. The third-order valence-electron chi connectivity index (χ3n) is 7.76. The minimum absolute atomic E-state index is 0.704. The molecule has 0 bridgehead atoms. The topological polar surface area (TPSA) is 29.0 Å². The maximum absolute atomic E-state index is 6.50. The first-order valence-electron chi connectivity index (χ1n) is 13.8. The van der Waals surface area contributed by atoms with Crippen LogP contribution in [0.5, 0.6) is 0 Å². The van der Waals surface area contributed by atoms with E-state index in [-0.39, 0.29) is 0 Å². The molecule has 3 heterocycles. The first-order chi connectivity index (χ1) is 19.7. The van der Waals surface area contributed by atoms with Gasteiger partial charge >= 0.3 is 0 Å². The minimum Gasteiger partial charge on any atom is -0.356 e. The molecule has 0 atom stereocenters. The lowest BCUT2D eigenvalue weighted by atomic mass is 9.91. The number of benzene rings is 4. The summed E-state index contributed by atoms with van der Waals surface area (Å²) in [5, 5.41) is 2.85. The molecular formula is C35H27BrClN3. The zero-order chi connectivity index (χ0) is 27.1. The van der Waals surface area contributed by atoms with E-state index in [2.05, 4.69) is 99.7 Å². The van der Waals surface area contributed by atoms with E-state index in [1.165, 1.54) is 19.3 Å². The maximum atomic E-state index is 6.50. The molecule has 0 spiro atoms. The van der Waals surface area contributed by atoms with E-state index in [1.807, 2.05) is 24.3 Å². The SMILES string of the molecule is Clc1ccc2nc(-c3c(N4CCCCC4)nc4ccc(Br)cc4c3-c3ccccc3)cc(-c3ccccc3)c2c1. The highest BCUT2D eigenvalue weighted by molar-refractivity contribution is 9.10. The number of hydrogen-bond donors (Lipinski definition) is 0. The van der Waals surface area contributed by atoms with Gasteiger partial charge in [0.15, 0.2) is 0 Å². The van der Waals surface area contributed by atoms with Crippen molar-refractivity contribution in [2.75, 3.05) is 18.0 Å². The van der Waals surface area contributed by atoms with Crippen LogP contribution < -0.4 is 4.90 Å². The van der Waals surface area contributed by atoms with Crippen LogP contribution in [0, 0.1) is 0 Å². The van der Waals surface area contributed by atoms with E-state index < -0.39 is 0 Å². The van der Waals surface area contributed by atoms with E-state index in [0.717, 1.165) is 78.7 Å². The van der Waals surface area contributed by atoms with Gasteiger partial charge in [-0.25, -0.2) is 9.97 Å². The Kier molecular flexibility index (Phi) is 6.74. The van der Waals surface area contributed by atoms with Crippen LogP contribution in [0.4, 0.5) is 5.82 Å². The van der Waals surface area contributed by atoms with E-state index in [1.54, 1.807) is 0 Å². The summed E-state index contributed by atoms with van der Waals surface area (Å²) < 4.78 is 1.03. The molecule has 3 nitrogen and oxygen atoms in total. The highest BCUT2D eigenvalue weighted by atomic mass is 79.9. The number of nitrogens with zero attached hydrogens (tertiary/aromatic N) is 3. The molecule has 0 amide bonds. The number of hydrogen-bond acceptors (Lipinski definition) is 3. The molecule has 1 aliphatic rings. The normalized spacial score (nSPS) is 13.7. The van der Waals surface area contributed by atoms with E-state index in [4.69, 9.17) is 21.6 Å². The Bertz CT molecular complexity index is 1850. The number of rotatable bonds is 4. The van der Waals surface area contributed by atoms with E-state index >= 15 is 0 Å². The van der Waals surface area contributed by atoms with Crippen LogP contribution in [0.3, 0.4) is 0 Å². The van der Waals surface area contributed by atoms with Crippen molar-refractivity contribution in [3.8, 4) is 33.5 Å². The standard InChI is InChI=1S/C35H27BrClN3/c36-25-14-16-31-29(20-25)33(24-12-6-2-7-13-24)34(35(39-31)40-18-8-3-9-19-40)32-22-27(23-10-4-1-5-11-23)28-21-26(37)15-17-30(28)38-32/h1-2,4-7,10-17,20-22H,3,8-9,18-19H2. The van der Waals surface area contributed by atoms with Gasteiger partial charge in [0.1, 0.15) is 5.82 Å². The number of halogens is 2. The summed E-state index contributed by atoms with van der Waals surface area (Å²) in [5.74, 6) is 1.01. The molecule has 1 aliphatic heterocycles. The van der Waals surface area contributed by atoms with Crippen molar-refractivity contribution < 1.29 is 0 Å². The largest absolute Gasteiger partial charge is 0.356 e. The first-order valence-corrected chi connectivity index (χ1v) is 14.9. The molecule has 0 N–H and O–H groups in total. The molecule has 7 rings (SSSR count).